The molecule has 34 heavy (non-hydrogen) atoms. The average molecular weight is 504 g/mol. The number of fused-ring (bicyclic) bond motifs is 1. The molecule has 0 aliphatic carbocycles. The zero-order chi connectivity index (χ0) is 24.8. The van der Waals surface area contributed by atoms with Gasteiger partial charge < -0.3 is 29.6 Å². The minimum absolute atomic E-state index is 0.0822. The number of ether oxygens (including phenoxy) is 4. The average Bonchev–Trinajstić information content (AvgIpc) is 3.38. The maximum atomic E-state index is 11.9. The molecule has 12 heteroatoms. The lowest BCUT2D eigenvalue weighted by atomic mass is 10.0. The van der Waals surface area contributed by atoms with Gasteiger partial charge in [-0.1, -0.05) is 6.42 Å². The van der Waals surface area contributed by atoms with Crippen LogP contribution in [0.3, 0.4) is 0 Å². The molecule has 2 aliphatic rings. The first-order valence-corrected chi connectivity index (χ1v) is 12.8. The van der Waals surface area contributed by atoms with E-state index in [2.05, 4.69) is 20.1 Å². The second-order valence-electron chi connectivity index (χ2n) is 8.19. The third kappa shape index (κ3) is 10.5. The van der Waals surface area contributed by atoms with Crippen LogP contribution < -0.4 is 10.6 Å². The highest BCUT2D eigenvalue weighted by Gasteiger charge is 2.42. The molecule has 0 saturated carbocycles. The van der Waals surface area contributed by atoms with Crippen LogP contribution in [-0.4, -0.2) is 106 Å². The topological polar surface area (TPSA) is 132 Å². The molecule has 0 spiro atoms. The first kappa shape index (κ1) is 28.2. The number of amides is 2. The molecular formula is C22H37N3O8S. The molecule has 2 aliphatic heterocycles. The van der Waals surface area contributed by atoms with Crippen molar-refractivity contribution in [3.05, 3.63) is 0 Å². The molecule has 0 aromatic heterocycles. The predicted molar refractivity (Wildman–Crippen MR) is 125 cm³/mol. The molecule has 0 aromatic carbocycles. The molecular weight excluding hydrogens is 466 g/mol. The minimum atomic E-state index is -0.315. The Labute approximate surface area is 204 Å². The number of carbonyl (C=O) groups excluding carboxylic acids is 4. The van der Waals surface area contributed by atoms with E-state index in [0.29, 0.717) is 37.9 Å². The number of methoxy groups -OCH3 is 2. The Hall–Kier alpha value is -2.05. The molecule has 2 fully saturated rings. The smallest absolute Gasteiger partial charge is 0.315 e. The number of thioether (sulfide) groups is 1. The van der Waals surface area contributed by atoms with Gasteiger partial charge in [-0.3, -0.25) is 19.3 Å². The van der Waals surface area contributed by atoms with Crippen LogP contribution in [-0.2, 0) is 33.3 Å². The largest absolute Gasteiger partial charge is 0.469 e. The zero-order valence-electron chi connectivity index (χ0n) is 20.0. The summed E-state index contributed by atoms with van der Waals surface area (Å²) < 4.78 is 20.1. The molecule has 0 bridgehead atoms. The predicted octanol–water partition coefficient (Wildman–Crippen LogP) is 0.700. The van der Waals surface area contributed by atoms with E-state index in [1.54, 1.807) is 0 Å². The minimum Gasteiger partial charge on any atom is -0.469 e. The van der Waals surface area contributed by atoms with Crippen LogP contribution in [0.25, 0.3) is 0 Å². The molecule has 3 atom stereocenters. The Morgan fingerprint density at radius 1 is 0.912 bits per heavy atom. The molecule has 11 nitrogen and oxygen atoms in total. The van der Waals surface area contributed by atoms with Gasteiger partial charge in [0.15, 0.2) is 0 Å². The number of nitrogens with zero attached hydrogens (tertiary/aromatic N) is 1. The first-order valence-electron chi connectivity index (χ1n) is 11.7. The zero-order valence-corrected chi connectivity index (χ0v) is 20.9. The van der Waals surface area contributed by atoms with Crippen molar-refractivity contribution < 1.29 is 38.1 Å². The number of esters is 3. The van der Waals surface area contributed by atoms with Crippen LogP contribution in [0, 0.1) is 0 Å². The van der Waals surface area contributed by atoms with E-state index in [1.807, 2.05) is 16.7 Å². The number of rotatable bonds is 17. The molecule has 0 radical (unpaired) electrons. The number of hydrogen-bond acceptors (Lipinski definition) is 10. The van der Waals surface area contributed by atoms with Gasteiger partial charge in [0.25, 0.3) is 0 Å². The summed E-state index contributed by atoms with van der Waals surface area (Å²) in [5.41, 5.74) is 0. The van der Waals surface area contributed by atoms with Crippen molar-refractivity contribution in [3.63, 3.8) is 0 Å². The Morgan fingerprint density at radius 2 is 1.62 bits per heavy atom. The monoisotopic (exact) mass is 503 g/mol. The summed E-state index contributed by atoms with van der Waals surface area (Å²) in [5, 5.41) is 6.30. The van der Waals surface area contributed by atoms with Gasteiger partial charge in [-0.2, -0.15) is 11.8 Å². The summed E-state index contributed by atoms with van der Waals surface area (Å²) in [4.78, 5) is 48.0. The fraction of sp³-hybridized carbons (Fsp3) is 0.818. The third-order valence-corrected chi connectivity index (χ3v) is 7.33. The van der Waals surface area contributed by atoms with Crippen molar-refractivity contribution in [2.75, 3.05) is 59.4 Å². The van der Waals surface area contributed by atoms with E-state index in [0.717, 1.165) is 25.0 Å². The van der Waals surface area contributed by atoms with Crippen LogP contribution in [0.5, 0.6) is 0 Å². The molecule has 0 aromatic rings. The van der Waals surface area contributed by atoms with Gasteiger partial charge in [0.1, 0.15) is 6.61 Å². The molecule has 2 N–H and O–H groups in total. The molecule has 2 rings (SSSR count). The number of hydrogen-bond donors (Lipinski definition) is 2. The summed E-state index contributed by atoms with van der Waals surface area (Å²) in [6.07, 6.45) is 3.45. The van der Waals surface area contributed by atoms with Crippen LogP contribution in [0.1, 0.15) is 38.5 Å². The fourth-order valence-electron chi connectivity index (χ4n) is 3.88. The summed E-state index contributed by atoms with van der Waals surface area (Å²) in [5.74, 6) is 0.0627. The molecule has 2 heterocycles. The van der Waals surface area contributed by atoms with E-state index in [1.165, 1.54) is 14.2 Å². The highest BCUT2D eigenvalue weighted by atomic mass is 32.2. The second kappa shape index (κ2) is 15.8. The van der Waals surface area contributed by atoms with Crippen molar-refractivity contribution in [3.8, 4) is 0 Å². The van der Waals surface area contributed by atoms with E-state index in [-0.39, 0.29) is 62.1 Å². The number of carbonyl (C=O) groups is 4. The van der Waals surface area contributed by atoms with E-state index in [4.69, 9.17) is 9.47 Å². The number of unbranched alkanes of at least 4 members (excludes halogenated alkanes) is 1. The van der Waals surface area contributed by atoms with Crippen LogP contribution in [0.4, 0.5) is 4.79 Å². The molecule has 2 amide bonds. The van der Waals surface area contributed by atoms with Gasteiger partial charge in [0, 0.05) is 37.1 Å². The summed E-state index contributed by atoms with van der Waals surface area (Å²) in [6, 6.07) is 0.333. The number of urea groups is 1. The lowest BCUT2D eigenvalue weighted by Crippen LogP contribution is -2.36. The second-order valence-corrected chi connectivity index (χ2v) is 9.47. The Bertz CT molecular complexity index is 661. The summed E-state index contributed by atoms with van der Waals surface area (Å²) >= 11 is 1.87. The Kier molecular flexibility index (Phi) is 13.1. The van der Waals surface area contributed by atoms with Gasteiger partial charge in [-0.25, -0.2) is 4.79 Å². The van der Waals surface area contributed by atoms with Crippen LogP contribution in [0.2, 0.25) is 0 Å². The molecule has 3 unspecified atom stereocenters. The van der Waals surface area contributed by atoms with Gasteiger partial charge in [-0.05, 0) is 12.8 Å². The highest BCUT2D eigenvalue weighted by molar-refractivity contribution is 8.00. The summed E-state index contributed by atoms with van der Waals surface area (Å²) in [6.45, 7) is 2.27. The van der Waals surface area contributed by atoms with Gasteiger partial charge in [0.2, 0.25) is 0 Å². The maximum Gasteiger partial charge on any atom is 0.315 e. The van der Waals surface area contributed by atoms with Gasteiger partial charge >= 0.3 is 23.9 Å². The van der Waals surface area contributed by atoms with Crippen molar-refractivity contribution in [2.24, 2.45) is 0 Å². The van der Waals surface area contributed by atoms with Gasteiger partial charge in [0.05, 0.1) is 52.4 Å². The van der Waals surface area contributed by atoms with Crippen molar-refractivity contribution in [2.45, 2.75) is 55.9 Å². The Balaban J connectivity index is 1.49. The van der Waals surface area contributed by atoms with Crippen molar-refractivity contribution in [1.29, 1.82) is 0 Å². The lowest BCUT2D eigenvalue weighted by Gasteiger charge is -2.21. The molecule has 194 valence electrons. The van der Waals surface area contributed by atoms with Crippen LogP contribution in [0.15, 0.2) is 0 Å². The van der Waals surface area contributed by atoms with Crippen molar-refractivity contribution in [1.82, 2.24) is 15.5 Å². The Morgan fingerprint density at radius 3 is 2.29 bits per heavy atom. The normalized spacial score (nSPS) is 21.0. The SMILES string of the molecule is COC(=O)CCN(CCOCCOC(=O)CCCCC1SCC2NC(=O)NC21)CCC(=O)OC. The lowest BCUT2D eigenvalue weighted by molar-refractivity contribution is -0.145. The number of nitrogens with one attached hydrogen (secondary N) is 2. The first-order chi connectivity index (χ1) is 16.4. The van der Waals surface area contributed by atoms with E-state index < -0.39 is 0 Å². The summed E-state index contributed by atoms with van der Waals surface area (Å²) in [7, 11) is 2.67. The standard InChI is InChI=1S/C22H37N3O8S/c1-30-18(26)7-9-25(10-8-19(27)31-2)11-12-32-13-14-33-20(28)6-4-3-5-17-21-16(15-34-17)23-22(29)24-21/h16-17,21H,3-15H2,1-2H3,(H2,23,24,29). The third-order valence-electron chi connectivity index (χ3n) is 5.82. The van der Waals surface area contributed by atoms with Gasteiger partial charge in [-0.15, -0.1) is 0 Å². The quantitative estimate of drug-likeness (QED) is 0.126. The highest BCUT2D eigenvalue weighted by Crippen LogP contribution is 2.33. The van der Waals surface area contributed by atoms with E-state index >= 15 is 0 Å². The molecule has 2 saturated heterocycles. The van der Waals surface area contributed by atoms with Crippen LogP contribution >= 0.6 is 11.8 Å². The van der Waals surface area contributed by atoms with E-state index in [9.17, 15) is 19.2 Å². The fourth-order valence-corrected chi connectivity index (χ4v) is 5.42. The van der Waals surface area contributed by atoms with Crippen molar-refractivity contribution >= 4 is 35.7 Å². The maximum absolute atomic E-state index is 11.9.